The van der Waals surface area contributed by atoms with Crippen LogP contribution in [-0.4, -0.2) is 16.4 Å². The van der Waals surface area contributed by atoms with Crippen molar-refractivity contribution in [3.05, 3.63) is 34.9 Å². The molecule has 1 aromatic rings. The Morgan fingerprint density at radius 1 is 1.29 bits per heavy atom. The summed E-state index contributed by atoms with van der Waals surface area (Å²) in [7, 11) is 0. The zero-order valence-corrected chi connectivity index (χ0v) is 13.0. The van der Waals surface area contributed by atoms with Gasteiger partial charge in [0, 0.05) is 16.0 Å². The Kier molecular flexibility index (Phi) is 5.43. The van der Waals surface area contributed by atoms with Crippen LogP contribution >= 0.6 is 22.6 Å². The van der Waals surface area contributed by atoms with E-state index in [0.29, 0.717) is 5.92 Å². The van der Waals surface area contributed by atoms with Crippen LogP contribution in [0.5, 0.6) is 0 Å². The summed E-state index contributed by atoms with van der Waals surface area (Å²) in [5.41, 5.74) is 3.13. The van der Waals surface area contributed by atoms with Gasteiger partial charge in [-0.25, -0.2) is 0 Å². The molecule has 0 heterocycles. The molecule has 0 saturated heterocycles. The summed E-state index contributed by atoms with van der Waals surface area (Å²) in [6, 6.07) is 6.08. The first kappa shape index (κ1) is 14.5. The van der Waals surface area contributed by atoms with Crippen molar-refractivity contribution in [2.24, 2.45) is 5.92 Å². The second-order valence-corrected chi connectivity index (χ2v) is 5.66. The minimum absolute atomic E-state index is 0.0310. The van der Waals surface area contributed by atoms with Crippen molar-refractivity contribution in [1.29, 1.82) is 0 Å². The lowest BCUT2D eigenvalue weighted by molar-refractivity contribution is 0.0932. The predicted molar refractivity (Wildman–Crippen MR) is 80.9 cm³/mol. The Balaban J connectivity index is 2.79. The normalized spacial score (nSPS) is 12.6. The highest BCUT2D eigenvalue weighted by Gasteiger charge is 2.15. The van der Waals surface area contributed by atoms with Crippen molar-refractivity contribution in [1.82, 2.24) is 5.32 Å². The van der Waals surface area contributed by atoms with E-state index in [4.69, 9.17) is 0 Å². The smallest absolute Gasteiger partial charge is 0.251 e. The molecule has 2 nitrogen and oxygen atoms in total. The number of amides is 1. The second kappa shape index (κ2) is 6.38. The predicted octanol–water partition coefficient (Wildman–Crippen LogP) is 3.49. The number of nitrogens with one attached hydrogen (secondary N) is 1. The fraction of sp³-hybridized carbons (Fsp3) is 0.500. The Labute approximate surface area is 117 Å². The minimum atomic E-state index is 0.0310. The molecule has 0 aromatic heterocycles. The molecular weight excluding hydrogens is 325 g/mol. The van der Waals surface area contributed by atoms with Gasteiger partial charge in [0.2, 0.25) is 0 Å². The number of aryl methyl sites for hydroxylation is 2. The van der Waals surface area contributed by atoms with Gasteiger partial charge in [-0.1, -0.05) is 42.5 Å². The van der Waals surface area contributed by atoms with E-state index in [1.165, 1.54) is 5.56 Å². The van der Waals surface area contributed by atoms with Crippen molar-refractivity contribution in [2.45, 2.75) is 33.7 Å². The van der Waals surface area contributed by atoms with Crippen LogP contribution in [0, 0.1) is 19.8 Å². The fourth-order valence-corrected chi connectivity index (χ4v) is 2.76. The van der Waals surface area contributed by atoms with Crippen LogP contribution in [0.25, 0.3) is 0 Å². The van der Waals surface area contributed by atoms with Crippen molar-refractivity contribution in [2.75, 3.05) is 4.43 Å². The quantitative estimate of drug-likeness (QED) is 0.657. The average molecular weight is 345 g/mol. The van der Waals surface area contributed by atoms with Crippen molar-refractivity contribution in [3.8, 4) is 0 Å². The third-order valence-electron chi connectivity index (χ3n) is 3.06. The molecule has 1 N–H and O–H groups in total. The number of alkyl halides is 1. The Morgan fingerprint density at radius 2 is 1.94 bits per heavy atom. The van der Waals surface area contributed by atoms with Gasteiger partial charge in [-0.15, -0.1) is 0 Å². The monoisotopic (exact) mass is 345 g/mol. The van der Waals surface area contributed by atoms with Gasteiger partial charge in [-0.3, -0.25) is 4.79 Å². The van der Waals surface area contributed by atoms with Crippen molar-refractivity contribution >= 4 is 28.5 Å². The maximum atomic E-state index is 12.1. The summed E-state index contributed by atoms with van der Waals surface area (Å²) in [5, 5.41) is 3.08. The molecule has 1 amide bonds. The van der Waals surface area contributed by atoms with E-state index in [1.807, 2.05) is 25.1 Å². The number of rotatable bonds is 4. The van der Waals surface area contributed by atoms with Crippen LogP contribution in [0.15, 0.2) is 18.2 Å². The molecule has 0 saturated carbocycles. The standard InChI is InChI=1S/C14H20INO/c1-9(2)13(8-15)16-14(17)12-6-5-10(3)11(4)7-12/h5-7,9,13H,8H2,1-4H3,(H,16,17). The van der Waals surface area contributed by atoms with E-state index in [1.54, 1.807) is 0 Å². The van der Waals surface area contributed by atoms with E-state index >= 15 is 0 Å². The van der Waals surface area contributed by atoms with E-state index in [2.05, 4.69) is 48.7 Å². The molecule has 1 aromatic carbocycles. The maximum absolute atomic E-state index is 12.1. The second-order valence-electron chi connectivity index (χ2n) is 4.78. The summed E-state index contributed by atoms with van der Waals surface area (Å²) < 4.78 is 0.937. The summed E-state index contributed by atoms with van der Waals surface area (Å²) in [5.74, 6) is 0.492. The van der Waals surface area contributed by atoms with Crippen molar-refractivity contribution < 1.29 is 4.79 Å². The molecule has 1 rings (SSSR count). The van der Waals surface area contributed by atoms with Gasteiger partial charge in [-0.2, -0.15) is 0 Å². The lowest BCUT2D eigenvalue weighted by Gasteiger charge is -2.20. The average Bonchev–Trinajstić information content (AvgIpc) is 2.28. The lowest BCUT2D eigenvalue weighted by Crippen LogP contribution is -2.39. The highest BCUT2D eigenvalue weighted by molar-refractivity contribution is 14.1. The fourth-order valence-electron chi connectivity index (χ4n) is 1.52. The van der Waals surface area contributed by atoms with Crippen LogP contribution in [0.3, 0.4) is 0 Å². The minimum Gasteiger partial charge on any atom is -0.348 e. The van der Waals surface area contributed by atoms with E-state index < -0.39 is 0 Å². The Bertz CT molecular complexity index is 401. The molecule has 0 aliphatic heterocycles. The maximum Gasteiger partial charge on any atom is 0.251 e. The van der Waals surface area contributed by atoms with Crippen LogP contribution in [0.2, 0.25) is 0 Å². The van der Waals surface area contributed by atoms with Crippen molar-refractivity contribution in [3.63, 3.8) is 0 Å². The molecular formula is C14H20INO. The Hall–Kier alpha value is -0.580. The first-order valence-corrected chi connectivity index (χ1v) is 7.42. The van der Waals surface area contributed by atoms with Gasteiger partial charge in [0.15, 0.2) is 0 Å². The molecule has 1 unspecified atom stereocenters. The molecule has 0 bridgehead atoms. The number of carbonyl (C=O) groups excluding carboxylic acids is 1. The molecule has 0 aliphatic carbocycles. The van der Waals surface area contributed by atoms with Gasteiger partial charge in [0.25, 0.3) is 5.91 Å². The van der Waals surface area contributed by atoms with Crippen LogP contribution < -0.4 is 5.32 Å². The number of hydrogen-bond donors (Lipinski definition) is 1. The van der Waals surface area contributed by atoms with Crippen LogP contribution in [0.4, 0.5) is 0 Å². The molecule has 0 fully saturated rings. The van der Waals surface area contributed by atoms with Gasteiger partial charge in [0.1, 0.15) is 0 Å². The summed E-state index contributed by atoms with van der Waals surface area (Å²) in [4.78, 5) is 12.1. The number of hydrogen-bond acceptors (Lipinski definition) is 1. The van der Waals surface area contributed by atoms with E-state index in [9.17, 15) is 4.79 Å². The zero-order chi connectivity index (χ0) is 13.0. The molecule has 0 spiro atoms. The first-order chi connectivity index (χ1) is 7.95. The molecule has 0 aliphatic rings. The molecule has 17 heavy (non-hydrogen) atoms. The van der Waals surface area contributed by atoms with Crippen LogP contribution in [-0.2, 0) is 0 Å². The SMILES string of the molecule is Cc1ccc(C(=O)NC(CI)C(C)C)cc1C. The molecule has 1 atom stereocenters. The van der Waals surface area contributed by atoms with Crippen LogP contribution in [0.1, 0.15) is 35.3 Å². The van der Waals surface area contributed by atoms with Gasteiger partial charge in [0.05, 0.1) is 0 Å². The number of carbonyl (C=O) groups is 1. The number of halogens is 1. The third-order valence-corrected chi connectivity index (χ3v) is 4.01. The number of benzene rings is 1. The zero-order valence-electron chi connectivity index (χ0n) is 10.9. The highest BCUT2D eigenvalue weighted by atomic mass is 127. The molecule has 0 radical (unpaired) electrons. The van der Waals surface area contributed by atoms with Gasteiger partial charge in [-0.05, 0) is 43.0 Å². The van der Waals surface area contributed by atoms with Gasteiger partial charge < -0.3 is 5.32 Å². The first-order valence-electron chi connectivity index (χ1n) is 5.89. The summed E-state index contributed by atoms with van der Waals surface area (Å²) in [6.07, 6.45) is 0. The van der Waals surface area contributed by atoms with E-state index in [-0.39, 0.29) is 11.9 Å². The highest BCUT2D eigenvalue weighted by Crippen LogP contribution is 2.11. The largest absolute Gasteiger partial charge is 0.348 e. The van der Waals surface area contributed by atoms with Gasteiger partial charge >= 0.3 is 0 Å². The summed E-state index contributed by atoms with van der Waals surface area (Å²) in [6.45, 7) is 8.34. The lowest BCUT2D eigenvalue weighted by atomic mass is 10.0. The molecule has 94 valence electrons. The van der Waals surface area contributed by atoms with E-state index in [0.717, 1.165) is 15.6 Å². The molecule has 3 heteroatoms. The topological polar surface area (TPSA) is 29.1 Å². The summed E-state index contributed by atoms with van der Waals surface area (Å²) >= 11 is 2.31. The Morgan fingerprint density at radius 3 is 2.41 bits per heavy atom. The third kappa shape index (κ3) is 3.98.